The number of carbonyl (C=O) groups is 1. The highest BCUT2D eigenvalue weighted by Gasteiger charge is 2.30. The Kier molecular flexibility index (Phi) is 4.02. The summed E-state index contributed by atoms with van der Waals surface area (Å²) in [5, 5.41) is 0. The van der Waals surface area contributed by atoms with Crippen molar-refractivity contribution in [2.45, 2.75) is 32.9 Å². The van der Waals surface area contributed by atoms with Crippen LogP contribution in [0.4, 0.5) is 0 Å². The number of piperidine rings is 1. The van der Waals surface area contributed by atoms with Gasteiger partial charge < -0.3 is 4.74 Å². The van der Waals surface area contributed by atoms with E-state index in [0.717, 1.165) is 18.8 Å². The zero-order chi connectivity index (χ0) is 13.1. The fourth-order valence-corrected chi connectivity index (χ4v) is 2.55. The van der Waals surface area contributed by atoms with Gasteiger partial charge >= 0.3 is 0 Å². The molecule has 1 fully saturated rings. The minimum absolute atomic E-state index is 0.133. The first kappa shape index (κ1) is 13.1. The van der Waals surface area contributed by atoms with Crippen LogP contribution in [0.3, 0.4) is 0 Å². The van der Waals surface area contributed by atoms with Gasteiger partial charge in [-0.15, -0.1) is 0 Å². The molecular weight excluding hydrogens is 226 g/mol. The van der Waals surface area contributed by atoms with Crippen molar-refractivity contribution in [3.63, 3.8) is 0 Å². The number of hydrogen-bond donors (Lipinski definition) is 0. The number of Topliss-reactive ketones (excluding diaryl/α,β-unsaturated/α-hetero) is 1. The van der Waals surface area contributed by atoms with Gasteiger partial charge in [0.1, 0.15) is 11.5 Å². The van der Waals surface area contributed by atoms with Gasteiger partial charge in [-0.05, 0) is 13.0 Å². The lowest BCUT2D eigenvalue weighted by Crippen LogP contribution is -2.46. The maximum absolute atomic E-state index is 11.7. The van der Waals surface area contributed by atoms with E-state index in [9.17, 15) is 4.79 Å². The Morgan fingerprint density at radius 2 is 2.06 bits per heavy atom. The van der Waals surface area contributed by atoms with Gasteiger partial charge in [0.2, 0.25) is 0 Å². The normalized spacial score (nSPS) is 25.2. The minimum atomic E-state index is 0.133. The summed E-state index contributed by atoms with van der Waals surface area (Å²) in [6.45, 7) is 5.86. The van der Waals surface area contributed by atoms with Gasteiger partial charge in [-0.25, -0.2) is 0 Å². The first-order chi connectivity index (χ1) is 8.63. The number of hydrogen-bond acceptors (Lipinski definition) is 3. The van der Waals surface area contributed by atoms with Crippen LogP contribution in [-0.2, 0) is 11.3 Å². The fourth-order valence-electron chi connectivity index (χ4n) is 2.55. The zero-order valence-corrected chi connectivity index (χ0v) is 11.3. The summed E-state index contributed by atoms with van der Waals surface area (Å²) in [4.78, 5) is 14.0. The molecule has 1 aromatic rings. The van der Waals surface area contributed by atoms with Gasteiger partial charge in [0.25, 0.3) is 0 Å². The number of para-hydroxylation sites is 1. The average molecular weight is 247 g/mol. The molecule has 1 aliphatic heterocycles. The number of ketones is 1. The van der Waals surface area contributed by atoms with Gasteiger partial charge in [-0.2, -0.15) is 0 Å². The maximum atomic E-state index is 11.7. The summed E-state index contributed by atoms with van der Waals surface area (Å²) in [6, 6.07) is 8.39. The third-order valence-electron chi connectivity index (χ3n) is 4.02. The standard InChI is InChI=1S/C15H21NO2/c1-11-12(2)16(9-8-14(11)17)10-13-6-4-5-7-15(13)18-3/h4-7,11-12H,8-10H2,1-3H3. The smallest absolute Gasteiger partial charge is 0.138 e. The highest BCUT2D eigenvalue weighted by atomic mass is 16.5. The Bertz CT molecular complexity index is 430. The van der Waals surface area contributed by atoms with Crippen molar-refractivity contribution < 1.29 is 9.53 Å². The van der Waals surface area contributed by atoms with Crippen LogP contribution in [-0.4, -0.2) is 30.4 Å². The van der Waals surface area contributed by atoms with Crippen molar-refractivity contribution in [3.05, 3.63) is 29.8 Å². The first-order valence-electron chi connectivity index (χ1n) is 6.52. The van der Waals surface area contributed by atoms with Crippen molar-refractivity contribution in [1.82, 2.24) is 4.90 Å². The molecule has 1 aromatic carbocycles. The molecule has 0 aromatic heterocycles. The molecule has 1 saturated heterocycles. The Labute approximate surface area is 109 Å². The van der Waals surface area contributed by atoms with E-state index in [2.05, 4.69) is 17.9 Å². The quantitative estimate of drug-likeness (QED) is 0.822. The van der Waals surface area contributed by atoms with E-state index in [1.165, 1.54) is 5.56 Å². The van der Waals surface area contributed by atoms with E-state index in [0.29, 0.717) is 18.2 Å². The van der Waals surface area contributed by atoms with E-state index in [-0.39, 0.29) is 5.92 Å². The third kappa shape index (κ3) is 2.56. The van der Waals surface area contributed by atoms with Crippen LogP contribution in [0.1, 0.15) is 25.8 Å². The van der Waals surface area contributed by atoms with E-state index in [1.807, 2.05) is 25.1 Å². The summed E-state index contributed by atoms with van der Waals surface area (Å²) in [6.07, 6.45) is 0.667. The maximum Gasteiger partial charge on any atom is 0.138 e. The van der Waals surface area contributed by atoms with Crippen molar-refractivity contribution >= 4 is 5.78 Å². The summed E-state index contributed by atoms with van der Waals surface area (Å²) in [7, 11) is 1.70. The third-order valence-corrected chi connectivity index (χ3v) is 4.02. The Morgan fingerprint density at radius 3 is 2.78 bits per heavy atom. The van der Waals surface area contributed by atoms with Crippen molar-refractivity contribution in [2.75, 3.05) is 13.7 Å². The molecular formula is C15H21NO2. The lowest BCUT2D eigenvalue weighted by molar-refractivity contribution is -0.128. The second kappa shape index (κ2) is 5.53. The lowest BCUT2D eigenvalue weighted by atomic mass is 9.90. The lowest BCUT2D eigenvalue weighted by Gasteiger charge is -2.37. The molecule has 2 unspecified atom stereocenters. The van der Waals surface area contributed by atoms with E-state index < -0.39 is 0 Å². The highest BCUT2D eigenvalue weighted by molar-refractivity contribution is 5.82. The molecule has 1 heterocycles. The number of rotatable bonds is 3. The highest BCUT2D eigenvalue weighted by Crippen LogP contribution is 2.25. The van der Waals surface area contributed by atoms with Crippen LogP contribution in [0, 0.1) is 5.92 Å². The van der Waals surface area contributed by atoms with Crippen molar-refractivity contribution in [3.8, 4) is 5.75 Å². The molecule has 98 valence electrons. The van der Waals surface area contributed by atoms with Gasteiger partial charge in [0.05, 0.1) is 7.11 Å². The van der Waals surface area contributed by atoms with Gasteiger partial charge in [0.15, 0.2) is 0 Å². The molecule has 18 heavy (non-hydrogen) atoms. The Hall–Kier alpha value is -1.35. The van der Waals surface area contributed by atoms with Crippen LogP contribution in [0.15, 0.2) is 24.3 Å². The fraction of sp³-hybridized carbons (Fsp3) is 0.533. The van der Waals surface area contributed by atoms with Gasteiger partial charge in [-0.1, -0.05) is 25.1 Å². The molecule has 0 aliphatic carbocycles. The number of carbonyl (C=O) groups excluding carboxylic acids is 1. The zero-order valence-electron chi connectivity index (χ0n) is 11.3. The summed E-state index contributed by atoms with van der Waals surface area (Å²) < 4.78 is 5.38. The second-order valence-corrected chi connectivity index (χ2v) is 5.03. The molecule has 3 heteroatoms. The average Bonchev–Trinajstić information content (AvgIpc) is 2.40. The van der Waals surface area contributed by atoms with Crippen LogP contribution in [0.2, 0.25) is 0 Å². The molecule has 0 spiro atoms. The second-order valence-electron chi connectivity index (χ2n) is 5.03. The Morgan fingerprint density at radius 1 is 1.33 bits per heavy atom. The molecule has 0 amide bonds. The van der Waals surface area contributed by atoms with Crippen LogP contribution >= 0.6 is 0 Å². The van der Waals surface area contributed by atoms with Gasteiger partial charge in [-0.3, -0.25) is 9.69 Å². The molecule has 0 radical (unpaired) electrons. The number of methoxy groups -OCH3 is 1. The number of ether oxygens (including phenoxy) is 1. The Balaban J connectivity index is 2.11. The predicted octanol–water partition coefficient (Wildman–Crippen LogP) is 2.49. The summed E-state index contributed by atoms with van der Waals surface area (Å²) in [5.74, 6) is 1.45. The summed E-state index contributed by atoms with van der Waals surface area (Å²) in [5.41, 5.74) is 1.19. The van der Waals surface area contributed by atoms with E-state index >= 15 is 0 Å². The van der Waals surface area contributed by atoms with Crippen LogP contribution < -0.4 is 4.74 Å². The van der Waals surface area contributed by atoms with E-state index in [1.54, 1.807) is 7.11 Å². The summed E-state index contributed by atoms with van der Waals surface area (Å²) >= 11 is 0. The molecule has 3 nitrogen and oxygen atoms in total. The molecule has 1 aliphatic rings. The van der Waals surface area contributed by atoms with E-state index in [4.69, 9.17) is 4.74 Å². The monoisotopic (exact) mass is 247 g/mol. The van der Waals surface area contributed by atoms with Crippen LogP contribution in [0.25, 0.3) is 0 Å². The number of likely N-dealkylation sites (tertiary alicyclic amines) is 1. The van der Waals surface area contributed by atoms with Crippen molar-refractivity contribution in [1.29, 1.82) is 0 Å². The molecule has 0 bridgehead atoms. The topological polar surface area (TPSA) is 29.5 Å². The van der Waals surface area contributed by atoms with Crippen molar-refractivity contribution in [2.24, 2.45) is 5.92 Å². The van der Waals surface area contributed by atoms with Crippen LogP contribution in [0.5, 0.6) is 5.75 Å². The minimum Gasteiger partial charge on any atom is -0.496 e. The molecule has 2 atom stereocenters. The predicted molar refractivity (Wildman–Crippen MR) is 71.7 cm³/mol. The SMILES string of the molecule is COc1ccccc1CN1CCC(=O)C(C)C1C. The number of nitrogens with zero attached hydrogens (tertiary/aromatic N) is 1. The van der Waals surface area contributed by atoms with Gasteiger partial charge in [0, 0.05) is 37.0 Å². The largest absolute Gasteiger partial charge is 0.496 e. The molecule has 0 N–H and O–H groups in total. The molecule has 2 rings (SSSR count). The molecule has 0 saturated carbocycles. The number of benzene rings is 1. The first-order valence-corrected chi connectivity index (χ1v) is 6.52.